The lowest BCUT2D eigenvalue weighted by atomic mass is 9.75. The largest absolute Gasteiger partial charge is 0.497 e. The number of ketones is 1. The summed E-state index contributed by atoms with van der Waals surface area (Å²) in [6.45, 7) is 0. The van der Waals surface area contributed by atoms with Crippen LogP contribution in [-0.4, -0.2) is 41.9 Å². The molecule has 0 fully saturated rings. The molecule has 5 rings (SSSR count). The summed E-state index contributed by atoms with van der Waals surface area (Å²) in [5.74, 6) is -0.652. The molecule has 0 saturated carbocycles. The Balaban J connectivity index is 1.39. The number of Topliss-reactive ketones (excluding diaryl/α,β-unsaturated/α-hetero) is 1. The molecule has 10 nitrogen and oxygen atoms in total. The van der Waals surface area contributed by atoms with Gasteiger partial charge in [-0.05, 0) is 18.9 Å². The summed E-state index contributed by atoms with van der Waals surface area (Å²) < 4.78 is 25.9. The molecule has 1 aliphatic carbocycles. The molecular weight excluding hydrogens is 567 g/mol. The van der Waals surface area contributed by atoms with Gasteiger partial charge in [0.25, 0.3) is 0 Å². The predicted octanol–water partition coefficient (Wildman–Crippen LogP) is 4.73. The van der Waals surface area contributed by atoms with Crippen LogP contribution in [0.4, 0.5) is 15.2 Å². The van der Waals surface area contributed by atoms with Crippen LogP contribution in [0.1, 0.15) is 30.7 Å². The van der Waals surface area contributed by atoms with Gasteiger partial charge in [0.1, 0.15) is 23.1 Å². The number of nitrogens with one attached hydrogen (secondary N) is 1. The summed E-state index contributed by atoms with van der Waals surface area (Å²) in [5.41, 5.74) is 8.28. The Morgan fingerprint density at radius 1 is 1.22 bits per heavy atom. The second-order valence-corrected chi connectivity index (χ2v) is 11.3. The zero-order valence-electron chi connectivity index (χ0n) is 22.1. The summed E-state index contributed by atoms with van der Waals surface area (Å²) >= 11 is 2.36. The van der Waals surface area contributed by atoms with E-state index in [4.69, 9.17) is 15.2 Å². The predicted molar refractivity (Wildman–Crippen MR) is 153 cm³/mol. The number of benzene rings is 2. The number of allylic oxidation sites excluding steroid dienone is 3. The number of ether oxygens (including phenoxy) is 2. The van der Waals surface area contributed by atoms with Crippen LogP contribution in [0.5, 0.6) is 11.5 Å². The molecule has 1 aliphatic heterocycles. The Morgan fingerprint density at radius 3 is 2.63 bits per heavy atom. The summed E-state index contributed by atoms with van der Waals surface area (Å²) in [7, 11) is 3.05. The van der Waals surface area contributed by atoms with Gasteiger partial charge in [-0.1, -0.05) is 41.3 Å². The van der Waals surface area contributed by atoms with Gasteiger partial charge >= 0.3 is 0 Å². The van der Waals surface area contributed by atoms with E-state index in [-0.39, 0.29) is 34.4 Å². The molecule has 0 bridgehead atoms. The van der Waals surface area contributed by atoms with E-state index in [1.807, 2.05) is 0 Å². The van der Waals surface area contributed by atoms with Crippen LogP contribution in [0.2, 0.25) is 0 Å². The molecule has 0 spiro atoms. The number of anilines is 2. The van der Waals surface area contributed by atoms with E-state index < -0.39 is 11.7 Å². The number of nitrogens with two attached hydrogens (primary N) is 1. The molecule has 0 saturated heterocycles. The van der Waals surface area contributed by atoms with Crippen molar-refractivity contribution in [1.82, 2.24) is 10.2 Å². The van der Waals surface area contributed by atoms with Crippen LogP contribution in [0.25, 0.3) is 0 Å². The van der Waals surface area contributed by atoms with Crippen LogP contribution in [0.3, 0.4) is 0 Å². The maximum Gasteiger partial charge on any atom is 0.234 e. The van der Waals surface area contributed by atoms with Gasteiger partial charge in [-0.15, -0.1) is 10.2 Å². The summed E-state index contributed by atoms with van der Waals surface area (Å²) in [4.78, 5) is 27.4. The molecule has 1 amide bonds. The topological polar surface area (TPSA) is 143 Å². The van der Waals surface area contributed by atoms with Gasteiger partial charge in [-0.25, -0.2) is 4.39 Å². The number of nitriles is 1. The van der Waals surface area contributed by atoms with Crippen molar-refractivity contribution in [3.8, 4) is 17.6 Å². The molecule has 3 N–H and O–H groups in total. The first-order valence-corrected chi connectivity index (χ1v) is 14.3. The highest BCUT2D eigenvalue weighted by Crippen LogP contribution is 2.47. The van der Waals surface area contributed by atoms with Crippen molar-refractivity contribution < 1.29 is 23.5 Å². The van der Waals surface area contributed by atoms with Crippen molar-refractivity contribution in [2.45, 2.75) is 29.5 Å². The number of methoxy groups -OCH3 is 2. The number of amides is 1. The highest BCUT2D eigenvalue weighted by atomic mass is 32.2. The van der Waals surface area contributed by atoms with E-state index in [1.165, 1.54) is 43.4 Å². The first kappa shape index (κ1) is 28.1. The summed E-state index contributed by atoms with van der Waals surface area (Å²) in [5, 5.41) is 21.7. The first-order valence-electron chi connectivity index (χ1n) is 12.5. The number of hydrogen-bond acceptors (Lipinski definition) is 11. The Labute approximate surface area is 243 Å². The van der Waals surface area contributed by atoms with E-state index in [9.17, 15) is 19.2 Å². The van der Waals surface area contributed by atoms with E-state index in [1.54, 1.807) is 41.3 Å². The zero-order chi connectivity index (χ0) is 29.1. The number of carbonyl (C=O) groups excluding carboxylic acids is 2. The van der Waals surface area contributed by atoms with Crippen LogP contribution in [0.15, 0.2) is 69.5 Å². The number of hydrogen-bond donors (Lipinski definition) is 2. The third kappa shape index (κ3) is 5.61. The van der Waals surface area contributed by atoms with Crippen molar-refractivity contribution in [1.29, 1.82) is 5.26 Å². The number of aromatic nitrogens is 2. The third-order valence-electron chi connectivity index (χ3n) is 6.68. The fourth-order valence-corrected chi connectivity index (χ4v) is 6.56. The van der Waals surface area contributed by atoms with Gasteiger partial charge in [-0.3, -0.25) is 14.5 Å². The maximum atomic E-state index is 14.9. The van der Waals surface area contributed by atoms with E-state index in [0.717, 1.165) is 0 Å². The minimum Gasteiger partial charge on any atom is -0.497 e. The number of thioether (sulfide) groups is 1. The van der Waals surface area contributed by atoms with Crippen LogP contribution < -0.4 is 25.4 Å². The second-order valence-electron chi connectivity index (χ2n) is 9.13. The number of halogens is 1. The molecule has 1 aromatic heterocycles. The number of carbonyl (C=O) groups is 2. The first-order chi connectivity index (χ1) is 19.8. The monoisotopic (exact) mass is 592 g/mol. The van der Waals surface area contributed by atoms with Crippen molar-refractivity contribution in [3.63, 3.8) is 0 Å². The Hall–Kier alpha value is -4.41. The molecule has 210 valence electrons. The van der Waals surface area contributed by atoms with Gasteiger partial charge in [0, 0.05) is 47.1 Å². The van der Waals surface area contributed by atoms with Gasteiger partial charge in [-0.2, -0.15) is 5.26 Å². The normalized spacial score (nSPS) is 16.8. The standard InChI is InChI=1S/C28H25FN6O4S2/c1-38-16-10-15(11-17(12-16)39-2)32-23(37)14-40-28-34-33-27(41-28)35-21-8-5-9-22(36)25(21)24(19(13-30)26(35)31)18-6-3-4-7-20(18)29/h3-4,6-7,10-12,24H,5,8-9,14,31H2,1-2H3,(H,32,37). The Bertz CT molecular complexity index is 1610. The Kier molecular flexibility index (Phi) is 8.23. The van der Waals surface area contributed by atoms with E-state index in [2.05, 4.69) is 21.6 Å². The quantitative estimate of drug-likeness (QED) is 0.352. The van der Waals surface area contributed by atoms with Crippen molar-refractivity contribution in [2.75, 3.05) is 30.2 Å². The molecule has 2 aromatic carbocycles. The molecule has 0 radical (unpaired) electrons. The molecular formula is C28H25FN6O4S2. The molecule has 1 atom stereocenters. The Morgan fingerprint density at radius 2 is 1.95 bits per heavy atom. The van der Waals surface area contributed by atoms with Gasteiger partial charge in [0.15, 0.2) is 10.1 Å². The van der Waals surface area contributed by atoms with Gasteiger partial charge in [0.2, 0.25) is 11.0 Å². The smallest absolute Gasteiger partial charge is 0.234 e. The van der Waals surface area contributed by atoms with Gasteiger partial charge in [0.05, 0.1) is 37.5 Å². The SMILES string of the molecule is COc1cc(NC(=O)CSc2nnc(N3C(N)=C(C#N)C(c4ccccc4F)C4=C3CCCC4=O)s2)cc(OC)c1. The van der Waals surface area contributed by atoms with Crippen molar-refractivity contribution >= 4 is 45.6 Å². The minimum atomic E-state index is -0.902. The zero-order valence-corrected chi connectivity index (χ0v) is 23.8. The van der Waals surface area contributed by atoms with Crippen molar-refractivity contribution in [2.24, 2.45) is 5.73 Å². The van der Waals surface area contributed by atoms with Crippen LogP contribution in [0, 0.1) is 17.1 Å². The van der Waals surface area contributed by atoms with Gasteiger partial charge < -0.3 is 20.5 Å². The minimum absolute atomic E-state index is 0.0463. The highest BCUT2D eigenvalue weighted by Gasteiger charge is 2.42. The second kappa shape index (κ2) is 12.0. The lowest BCUT2D eigenvalue weighted by molar-refractivity contribution is -0.116. The summed E-state index contributed by atoms with van der Waals surface area (Å²) in [6.07, 6.45) is 1.38. The third-order valence-corrected chi connectivity index (χ3v) is 8.72. The molecule has 13 heteroatoms. The molecule has 41 heavy (non-hydrogen) atoms. The average molecular weight is 593 g/mol. The summed E-state index contributed by atoms with van der Waals surface area (Å²) in [6, 6.07) is 13.3. The lowest BCUT2D eigenvalue weighted by Crippen LogP contribution is -2.38. The fourth-order valence-electron chi connectivity index (χ4n) is 4.88. The lowest BCUT2D eigenvalue weighted by Gasteiger charge is -2.38. The van der Waals surface area contributed by atoms with E-state index >= 15 is 0 Å². The highest BCUT2D eigenvalue weighted by molar-refractivity contribution is 8.01. The molecule has 2 heterocycles. The average Bonchev–Trinajstić information content (AvgIpc) is 3.44. The fraction of sp³-hybridized carbons (Fsp3) is 0.250. The van der Waals surface area contributed by atoms with E-state index in [0.29, 0.717) is 57.2 Å². The van der Waals surface area contributed by atoms with Crippen LogP contribution in [-0.2, 0) is 9.59 Å². The molecule has 3 aromatic rings. The molecule has 1 unspecified atom stereocenters. The number of rotatable bonds is 8. The van der Waals surface area contributed by atoms with Crippen LogP contribution >= 0.6 is 23.1 Å². The number of nitrogens with zero attached hydrogens (tertiary/aromatic N) is 4. The molecule has 2 aliphatic rings. The maximum absolute atomic E-state index is 14.9. The van der Waals surface area contributed by atoms with Crippen molar-refractivity contribution in [3.05, 3.63) is 76.5 Å².